The van der Waals surface area contributed by atoms with E-state index in [0.717, 1.165) is 6.42 Å². The first kappa shape index (κ1) is 15.7. The summed E-state index contributed by atoms with van der Waals surface area (Å²) < 4.78 is 4.35. The molecule has 4 nitrogen and oxygen atoms in total. The topological polar surface area (TPSA) is 69.4 Å². The van der Waals surface area contributed by atoms with Crippen molar-refractivity contribution in [2.75, 3.05) is 13.0 Å². The second-order valence-electron chi connectivity index (χ2n) is 2.58. The predicted molar refractivity (Wildman–Crippen MR) is 56.1 cm³/mol. The van der Waals surface area contributed by atoms with E-state index in [2.05, 4.69) is 4.74 Å². The number of alkyl halides is 1. The zero-order valence-corrected chi connectivity index (χ0v) is 9.47. The lowest BCUT2D eigenvalue weighted by Crippen LogP contribution is -2.09. The number of hydrogen-bond acceptors (Lipinski definition) is 3. The van der Waals surface area contributed by atoms with E-state index in [-0.39, 0.29) is 11.9 Å². The van der Waals surface area contributed by atoms with Gasteiger partial charge in [0.1, 0.15) is 0 Å². The van der Waals surface area contributed by atoms with Crippen molar-refractivity contribution in [2.45, 2.75) is 32.6 Å². The number of nitrogens with two attached hydrogens (primary N) is 1. The molecular formula is C9H18ClNO3. The molecule has 0 aliphatic rings. The number of ether oxygens (including phenoxy) is 1. The van der Waals surface area contributed by atoms with Crippen LogP contribution in [0.4, 0.5) is 0 Å². The number of carbonyl (C=O) groups excluding carboxylic acids is 2. The van der Waals surface area contributed by atoms with Crippen LogP contribution in [-0.4, -0.2) is 24.9 Å². The van der Waals surface area contributed by atoms with E-state index < -0.39 is 0 Å². The molecule has 84 valence electrons. The Morgan fingerprint density at radius 3 is 2.07 bits per heavy atom. The Hall–Kier alpha value is -0.770. The molecule has 14 heavy (non-hydrogen) atoms. The summed E-state index contributed by atoms with van der Waals surface area (Å²) in [6, 6.07) is 0. The minimum atomic E-state index is -0.277. The number of hydrogen-bond donors (Lipinski definition) is 1. The summed E-state index contributed by atoms with van der Waals surface area (Å²) in [7, 11) is 1.40. The maximum atomic E-state index is 10.2. The van der Waals surface area contributed by atoms with E-state index in [1.54, 1.807) is 0 Å². The van der Waals surface area contributed by atoms with Crippen LogP contribution < -0.4 is 5.73 Å². The quantitative estimate of drug-likeness (QED) is 0.567. The maximum absolute atomic E-state index is 10.2. The number of primary amides is 1. The lowest BCUT2D eigenvalue weighted by atomic mass is 10.3. The minimum absolute atomic E-state index is 0.123. The molecule has 0 aromatic rings. The van der Waals surface area contributed by atoms with Crippen LogP contribution in [0.5, 0.6) is 0 Å². The molecule has 0 fully saturated rings. The van der Waals surface area contributed by atoms with Gasteiger partial charge in [-0.25, -0.2) is 0 Å². The first-order valence-corrected chi connectivity index (χ1v) is 5.03. The molecule has 0 aromatic heterocycles. The Morgan fingerprint density at radius 1 is 1.36 bits per heavy atom. The van der Waals surface area contributed by atoms with Crippen molar-refractivity contribution >= 4 is 23.5 Å². The van der Waals surface area contributed by atoms with Gasteiger partial charge in [0.2, 0.25) is 5.91 Å². The molecule has 5 heteroatoms. The molecule has 0 saturated carbocycles. The van der Waals surface area contributed by atoms with Crippen molar-refractivity contribution in [3.63, 3.8) is 0 Å². The van der Waals surface area contributed by atoms with E-state index in [1.807, 2.05) is 6.92 Å². The van der Waals surface area contributed by atoms with Gasteiger partial charge in [0.05, 0.1) is 7.11 Å². The summed E-state index contributed by atoms with van der Waals surface area (Å²) in [4.78, 5) is 20.1. The van der Waals surface area contributed by atoms with Crippen molar-refractivity contribution in [3.05, 3.63) is 0 Å². The number of rotatable bonds is 5. The summed E-state index contributed by atoms with van der Waals surface area (Å²) in [6.45, 7) is 1.94. The fraction of sp³-hybridized carbons (Fsp3) is 0.778. The monoisotopic (exact) mass is 223 g/mol. The lowest BCUT2D eigenvalue weighted by molar-refractivity contribution is -0.140. The molecule has 0 aromatic carbocycles. The third kappa shape index (κ3) is 17.4. The molecule has 0 rings (SSSR count). The van der Waals surface area contributed by atoms with Gasteiger partial charge in [0, 0.05) is 18.7 Å². The van der Waals surface area contributed by atoms with Gasteiger partial charge in [-0.1, -0.05) is 6.92 Å². The SMILES string of the molecule is CCCC(=O)OC.NC(=O)CCCCl. The number of methoxy groups -OCH3 is 1. The van der Waals surface area contributed by atoms with Crippen molar-refractivity contribution in [2.24, 2.45) is 5.73 Å². The molecule has 0 unspecified atom stereocenters. The Morgan fingerprint density at radius 2 is 1.93 bits per heavy atom. The number of halogens is 1. The van der Waals surface area contributed by atoms with Crippen LogP contribution in [0.3, 0.4) is 0 Å². The van der Waals surface area contributed by atoms with Gasteiger partial charge in [-0.05, 0) is 12.8 Å². The van der Waals surface area contributed by atoms with E-state index in [1.165, 1.54) is 7.11 Å². The maximum Gasteiger partial charge on any atom is 0.305 e. The van der Waals surface area contributed by atoms with Crippen LogP contribution in [0.25, 0.3) is 0 Å². The number of esters is 1. The average Bonchev–Trinajstić information content (AvgIpc) is 2.16. The van der Waals surface area contributed by atoms with Crippen LogP contribution in [0.2, 0.25) is 0 Å². The van der Waals surface area contributed by atoms with Gasteiger partial charge < -0.3 is 10.5 Å². The highest BCUT2D eigenvalue weighted by molar-refractivity contribution is 6.17. The minimum Gasteiger partial charge on any atom is -0.469 e. The molecule has 0 aliphatic carbocycles. The molecule has 0 atom stereocenters. The van der Waals surface area contributed by atoms with Gasteiger partial charge in [-0.2, -0.15) is 0 Å². The number of carbonyl (C=O) groups is 2. The zero-order valence-electron chi connectivity index (χ0n) is 8.72. The van der Waals surface area contributed by atoms with Gasteiger partial charge in [-0.15, -0.1) is 11.6 Å². The van der Waals surface area contributed by atoms with E-state index >= 15 is 0 Å². The molecule has 1 amide bonds. The van der Waals surface area contributed by atoms with Crippen molar-refractivity contribution in [3.8, 4) is 0 Å². The van der Waals surface area contributed by atoms with Crippen molar-refractivity contribution in [1.29, 1.82) is 0 Å². The first-order chi connectivity index (χ1) is 6.58. The van der Waals surface area contributed by atoms with Gasteiger partial charge in [0.15, 0.2) is 0 Å². The predicted octanol–water partition coefficient (Wildman–Crippen LogP) is 1.45. The summed E-state index contributed by atoms with van der Waals surface area (Å²) >= 11 is 5.24. The lowest BCUT2D eigenvalue weighted by Gasteiger charge is -1.91. The molecule has 0 spiro atoms. The van der Waals surface area contributed by atoms with Crippen LogP contribution >= 0.6 is 11.6 Å². The molecule has 2 N–H and O–H groups in total. The van der Waals surface area contributed by atoms with Gasteiger partial charge >= 0.3 is 5.97 Å². The van der Waals surface area contributed by atoms with Crippen molar-refractivity contribution in [1.82, 2.24) is 0 Å². The smallest absolute Gasteiger partial charge is 0.305 e. The second kappa shape index (κ2) is 12.2. The van der Waals surface area contributed by atoms with Crippen LogP contribution in [0.15, 0.2) is 0 Å². The van der Waals surface area contributed by atoms with Gasteiger partial charge in [0.25, 0.3) is 0 Å². The molecular weight excluding hydrogens is 206 g/mol. The fourth-order valence-corrected chi connectivity index (χ4v) is 0.681. The highest BCUT2D eigenvalue weighted by Gasteiger charge is 1.92. The average molecular weight is 224 g/mol. The van der Waals surface area contributed by atoms with Gasteiger partial charge in [-0.3, -0.25) is 9.59 Å². The Bertz CT molecular complexity index is 162. The Balaban J connectivity index is 0. The van der Waals surface area contributed by atoms with Crippen molar-refractivity contribution < 1.29 is 14.3 Å². The molecule has 0 saturated heterocycles. The third-order valence-electron chi connectivity index (χ3n) is 1.24. The van der Waals surface area contributed by atoms with Crippen LogP contribution in [0.1, 0.15) is 32.6 Å². The summed E-state index contributed by atoms with van der Waals surface area (Å²) in [5.74, 6) is 0.117. The summed E-state index contributed by atoms with van der Waals surface area (Å²) in [5.41, 5.74) is 4.78. The second-order valence-corrected chi connectivity index (χ2v) is 2.96. The fourth-order valence-electron chi connectivity index (χ4n) is 0.547. The highest BCUT2D eigenvalue weighted by atomic mass is 35.5. The third-order valence-corrected chi connectivity index (χ3v) is 1.51. The zero-order chi connectivity index (χ0) is 11.4. The summed E-state index contributed by atoms with van der Waals surface area (Å²) in [5, 5.41) is 0. The largest absolute Gasteiger partial charge is 0.469 e. The van der Waals surface area contributed by atoms with Crippen LogP contribution in [0, 0.1) is 0 Å². The standard InChI is InChI=1S/C5H10O2.C4H8ClNO/c1-3-4-5(6)7-2;5-3-1-2-4(6)7/h3-4H2,1-2H3;1-3H2,(H2,6,7). The first-order valence-electron chi connectivity index (χ1n) is 4.49. The molecule has 0 heterocycles. The van der Waals surface area contributed by atoms with E-state index in [4.69, 9.17) is 17.3 Å². The Kier molecular flexibility index (Phi) is 13.7. The molecule has 0 radical (unpaired) electrons. The highest BCUT2D eigenvalue weighted by Crippen LogP contribution is 1.88. The van der Waals surface area contributed by atoms with Crippen LogP contribution in [-0.2, 0) is 14.3 Å². The number of amides is 1. The molecule has 0 aliphatic heterocycles. The summed E-state index contributed by atoms with van der Waals surface area (Å²) in [6.07, 6.45) is 2.50. The Labute approximate surface area is 89.7 Å². The van der Waals surface area contributed by atoms with E-state index in [0.29, 0.717) is 25.1 Å². The normalized spacial score (nSPS) is 8.50. The van der Waals surface area contributed by atoms with E-state index in [9.17, 15) is 9.59 Å². The molecule has 0 bridgehead atoms.